The quantitative estimate of drug-likeness (QED) is 0.0507. The van der Waals surface area contributed by atoms with Crippen molar-refractivity contribution in [3.63, 3.8) is 0 Å². The molecule has 8 rings (SSSR count). The van der Waals surface area contributed by atoms with Crippen LogP contribution in [0.2, 0.25) is 0 Å². The van der Waals surface area contributed by atoms with Crippen molar-refractivity contribution in [1.82, 2.24) is 14.9 Å². The number of likely N-dealkylation sites (N-methyl/N-ethyl adjacent to an activating group) is 1. The Labute approximate surface area is 463 Å². The molecule has 0 atom stereocenters. The zero-order valence-electron chi connectivity index (χ0n) is 45.1. The van der Waals surface area contributed by atoms with Gasteiger partial charge in [-0.25, -0.2) is 19.6 Å². The number of carbonyl (C=O) groups excluding carboxylic acids is 1. The molecule has 0 bridgehead atoms. The molecule has 80 heavy (non-hydrogen) atoms. The van der Waals surface area contributed by atoms with E-state index in [1.54, 1.807) is 163 Å². The first-order valence-corrected chi connectivity index (χ1v) is 24.3. The molecule has 0 aliphatic heterocycles. The number of phenolic OH excluding ortho intramolecular Hbond substituents is 1. The Hall–Kier alpha value is -10.6. The first kappa shape index (κ1) is 58.7. The summed E-state index contributed by atoms with van der Waals surface area (Å²) in [6, 6.07) is 46.7. The molecule has 410 valence electrons. The summed E-state index contributed by atoms with van der Waals surface area (Å²) in [5, 5.41) is 28.4. The van der Waals surface area contributed by atoms with Crippen molar-refractivity contribution in [1.29, 1.82) is 0 Å². The summed E-state index contributed by atoms with van der Waals surface area (Å²) in [6.45, 7) is 0. The van der Waals surface area contributed by atoms with E-state index in [4.69, 9.17) is 37.9 Å². The molecule has 8 aromatic rings. The molecule has 0 saturated heterocycles. The Kier molecular flexibility index (Phi) is 21.4. The van der Waals surface area contributed by atoms with E-state index in [0.29, 0.717) is 85.6 Å². The first-order chi connectivity index (χ1) is 38.6. The second-order valence-corrected chi connectivity index (χ2v) is 17.1. The standard InChI is InChI=1S/C24H24N2O4.C22H19NO5.C17H16O5/c1-26(2)24(27)22(15-17-13-20(28-3)16-21(14-17)29-4)18-8-10-19(11-9-18)30-23-7-5-6-12-25-23;1-26-18-11-15(12-19(14-18)27-2)13-20(22(24)25)16-6-8-17(9-7-16)28-21-5-3-4-10-23-21;1-21-14-7-11(8-15(10-14)22-2)9-16(17(19)20)12-3-5-13(18)6-4-12/h5-16H,1-4H3;3-14H,1-2H3,(H,24,25);3-10,18H,1-2H3,(H,19,20)/b22-15+;20-13+;16-9+. The highest BCUT2D eigenvalue weighted by atomic mass is 16.5. The van der Waals surface area contributed by atoms with Crippen LogP contribution in [0.15, 0.2) is 176 Å². The second kappa shape index (κ2) is 29.1. The van der Waals surface area contributed by atoms with Crippen molar-refractivity contribution in [3.05, 3.63) is 210 Å². The maximum atomic E-state index is 12.9. The van der Waals surface area contributed by atoms with Gasteiger partial charge in [0, 0.05) is 62.4 Å². The van der Waals surface area contributed by atoms with Crippen molar-refractivity contribution in [2.45, 2.75) is 0 Å². The van der Waals surface area contributed by atoms with Crippen LogP contribution in [0.3, 0.4) is 0 Å². The number of nitrogens with zero attached hydrogens (tertiary/aromatic N) is 3. The summed E-state index contributed by atoms with van der Waals surface area (Å²) >= 11 is 0. The number of carbonyl (C=O) groups is 3. The molecular formula is C63H59N3O14. The van der Waals surface area contributed by atoms with E-state index in [2.05, 4.69) is 9.97 Å². The molecule has 6 aromatic carbocycles. The average Bonchev–Trinajstić information content (AvgIpc) is 3.50. The summed E-state index contributed by atoms with van der Waals surface area (Å²) in [5.74, 6) is 3.63. The third-order valence-corrected chi connectivity index (χ3v) is 11.4. The number of phenols is 1. The molecule has 0 radical (unpaired) electrons. The van der Waals surface area contributed by atoms with Gasteiger partial charge in [0.05, 0.1) is 53.8 Å². The van der Waals surface area contributed by atoms with Crippen LogP contribution in [0.5, 0.6) is 63.5 Å². The van der Waals surface area contributed by atoms with E-state index in [0.717, 1.165) is 11.1 Å². The van der Waals surface area contributed by atoms with Gasteiger partial charge in [-0.05, 0) is 137 Å². The van der Waals surface area contributed by atoms with Crippen molar-refractivity contribution in [3.8, 4) is 63.5 Å². The lowest BCUT2D eigenvalue weighted by molar-refractivity contribution is -0.131. The molecule has 0 fully saturated rings. The van der Waals surface area contributed by atoms with E-state index in [-0.39, 0.29) is 22.8 Å². The van der Waals surface area contributed by atoms with Crippen LogP contribution >= 0.6 is 0 Å². The lowest BCUT2D eigenvalue weighted by Crippen LogP contribution is -2.22. The number of methoxy groups -OCH3 is 6. The maximum absolute atomic E-state index is 12.9. The molecule has 17 nitrogen and oxygen atoms in total. The van der Waals surface area contributed by atoms with Gasteiger partial charge in [0.15, 0.2) is 0 Å². The van der Waals surface area contributed by atoms with Crippen LogP contribution in [-0.4, -0.2) is 105 Å². The van der Waals surface area contributed by atoms with Gasteiger partial charge in [0.2, 0.25) is 11.8 Å². The highest BCUT2D eigenvalue weighted by molar-refractivity contribution is 6.24. The first-order valence-electron chi connectivity index (χ1n) is 24.3. The number of hydrogen-bond donors (Lipinski definition) is 3. The van der Waals surface area contributed by atoms with Crippen LogP contribution in [0, 0.1) is 0 Å². The van der Waals surface area contributed by atoms with Crippen LogP contribution in [-0.2, 0) is 14.4 Å². The lowest BCUT2D eigenvalue weighted by atomic mass is 10.0. The van der Waals surface area contributed by atoms with Gasteiger partial charge < -0.3 is 58.1 Å². The van der Waals surface area contributed by atoms with Crippen molar-refractivity contribution >= 4 is 52.8 Å². The number of aliphatic carboxylic acids is 2. The molecular weight excluding hydrogens is 1020 g/mol. The minimum atomic E-state index is -1.06. The van der Waals surface area contributed by atoms with Crippen LogP contribution in [0.25, 0.3) is 34.9 Å². The molecule has 3 N–H and O–H groups in total. The van der Waals surface area contributed by atoms with Gasteiger partial charge in [-0.2, -0.15) is 0 Å². The number of ether oxygens (including phenoxy) is 8. The maximum Gasteiger partial charge on any atom is 0.336 e. The number of rotatable bonds is 19. The summed E-state index contributed by atoms with van der Waals surface area (Å²) in [5.41, 5.74) is 4.68. The Morgan fingerprint density at radius 3 is 0.975 bits per heavy atom. The largest absolute Gasteiger partial charge is 0.508 e. The van der Waals surface area contributed by atoms with Crippen LogP contribution < -0.4 is 37.9 Å². The second-order valence-electron chi connectivity index (χ2n) is 17.1. The van der Waals surface area contributed by atoms with Crippen LogP contribution in [0.4, 0.5) is 0 Å². The Morgan fingerprint density at radius 1 is 0.400 bits per heavy atom. The molecule has 0 aliphatic carbocycles. The number of aromatic hydroxyl groups is 1. The number of benzene rings is 6. The molecule has 1 amide bonds. The Morgan fingerprint density at radius 2 is 0.700 bits per heavy atom. The number of carboxylic acid groups (broad SMARTS) is 2. The number of carboxylic acids is 2. The average molecular weight is 1080 g/mol. The molecule has 0 spiro atoms. The number of hydrogen-bond acceptors (Lipinski definition) is 14. The zero-order chi connectivity index (χ0) is 57.6. The van der Waals surface area contributed by atoms with Crippen molar-refractivity contribution < 1.29 is 67.6 Å². The fourth-order valence-corrected chi connectivity index (χ4v) is 7.39. The summed E-state index contributed by atoms with van der Waals surface area (Å²) in [7, 11) is 12.8. The topological polar surface area (TPSA) is 215 Å². The zero-order valence-corrected chi connectivity index (χ0v) is 45.1. The van der Waals surface area contributed by atoms with E-state index in [1.807, 2.05) is 60.7 Å². The number of pyridine rings is 2. The molecule has 0 aliphatic rings. The number of aromatic nitrogens is 2. The molecule has 0 saturated carbocycles. The lowest BCUT2D eigenvalue weighted by Gasteiger charge is -2.15. The monoisotopic (exact) mass is 1080 g/mol. The van der Waals surface area contributed by atoms with Gasteiger partial charge in [-0.1, -0.05) is 48.5 Å². The summed E-state index contributed by atoms with van der Waals surface area (Å²) in [6.07, 6.45) is 8.23. The van der Waals surface area contributed by atoms with Gasteiger partial charge in [-0.3, -0.25) is 4.79 Å². The minimum absolute atomic E-state index is 0.0801. The highest BCUT2D eigenvalue weighted by Crippen LogP contribution is 2.32. The van der Waals surface area contributed by atoms with Gasteiger partial charge in [-0.15, -0.1) is 0 Å². The van der Waals surface area contributed by atoms with E-state index in [9.17, 15) is 29.7 Å². The predicted molar refractivity (Wildman–Crippen MR) is 306 cm³/mol. The molecule has 2 aromatic heterocycles. The van der Waals surface area contributed by atoms with E-state index in [1.165, 1.54) is 32.4 Å². The SMILES string of the molecule is COc1cc(/C=C(/C(=O)N(C)C)c2ccc(Oc3ccccn3)cc2)cc(OC)c1.COc1cc(/C=C(/C(=O)O)c2ccc(O)cc2)cc(OC)c1.COc1cc(/C=C(/C(=O)O)c2ccc(Oc3ccccn3)cc2)cc(OC)c1. The Balaban J connectivity index is 0.000000196. The van der Waals surface area contributed by atoms with Gasteiger partial charge in [0.25, 0.3) is 5.91 Å². The van der Waals surface area contributed by atoms with Crippen LogP contribution in [0.1, 0.15) is 33.4 Å². The fourth-order valence-electron chi connectivity index (χ4n) is 7.39. The summed E-state index contributed by atoms with van der Waals surface area (Å²) in [4.78, 5) is 46.0. The molecule has 0 unspecified atom stereocenters. The predicted octanol–water partition coefficient (Wildman–Crippen LogP) is 12.1. The third kappa shape index (κ3) is 17.2. The normalized spacial score (nSPS) is 11.0. The van der Waals surface area contributed by atoms with Gasteiger partial charge in [0.1, 0.15) is 51.7 Å². The van der Waals surface area contributed by atoms with Crippen molar-refractivity contribution in [2.75, 3.05) is 56.8 Å². The third-order valence-electron chi connectivity index (χ3n) is 11.4. The molecule has 17 heteroatoms. The van der Waals surface area contributed by atoms with E-state index < -0.39 is 11.9 Å². The summed E-state index contributed by atoms with van der Waals surface area (Å²) < 4.78 is 42.9. The highest BCUT2D eigenvalue weighted by Gasteiger charge is 2.17. The van der Waals surface area contributed by atoms with E-state index >= 15 is 0 Å². The number of amides is 1. The smallest absolute Gasteiger partial charge is 0.336 e. The minimum Gasteiger partial charge on any atom is -0.508 e. The fraction of sp³-hybridized carbons (Fsp3) is 0.127. The Bertz CT molecular complexity index is 3370. The van der Waals surface area contributed by atoms with Crippen molar-refractivity contribution in [2.24, 2.45) is 0 Å². The van der Waals surface area contributed by atoms with Gasteiger partial charge >= 0.3 is 11.9 Å². The molecule has 2 heterocycles.